The average Bonchev–Trinajstić information content (AvgIpc) is 3.35. The van der Waals surface area contributed by atoms with Gasteiger partial charge in [0.25, 0.3) is 8.32 Å². The first-order chi connectivity index (χ1) is 22.7. The van der Waals surface area contributed by atoms with Crippen LogP contribution in [-0.2, 0) is 13.9 Å². The molecule has 4 atom stereocenters. The van der Waals surface area contributed by atoms with Gasteiger partial charge in [-0.25, -0.2) is 4.79 Å². The number of methoxy groups -OCH3 is 2. The van der Waals surface area contributed by atoms with Crippen LogP contribution >= 0.6 is 0 Å². The van der Waals surface area contributed by atoms with E-state index in [1.165, 1.54) is 14.2 Å². The summed E-state index contributed by atoms with van der Waals surface area (Å²) in [4.78, 5) is 12.4. The van der Waals surface area contributed by atoms with Crippen molar-refractivity contribution in [3.05, 3.63) is 90.0 Å². The first kappa shape index (κ1) is 37.3. The molecule has 260 valence electrons. The first-order valence-corrected chi connectivity index (χ1v) is 18.6. The van der Waals surface area contributed by atoms with Crippen LogP contribution in [0.2, 0.25) is 5.04 Å². The van der Waals surface area contributed by atoms with Gasteiger partial charge in [-0.1, -0.05) is 93.6 Å². The van der Waals surface area contributed by atoms with Gasteiger partial charge in [-0.05, 0) is 73.5 Å². The van der Waals surface area contributed by atoms with E-state index >= 15 is 0 Å². The van der Waals surface area contributed by atoms with Crippen molar-refractivity contribution in [2.24, 2.45) is 0 Å². The van der Waals surface area contributed by atoms with E-state index in [-0.39, 0.29) is 22.5 Å². The molecule has 0 spiro atoms. The van der Waals surface area contributed by atoms with Gasteiger partial charge in [-0.3, -0.25) is 0 Å². The molecule has 0 unspecified atom stereocenters. The zero-order chi connectivity index (χ0) is 35.1. The van der Waals surface area contributed by atoms with E-state index in [4.69, 9.17) is 23.4 Å². The SMILES string of the molecule is COc1cc(/C=C/C[C@H](O[Si](c2ccccc2)(c2ccccc2)C(C)(C)C)[C@@H]2OC(C)(C)O[C@@H]2CCC[C@H](C)O)c(C(=O)O)c(OC)c1. The van der Waals surface area contributed by atoms with E-state index in [2.05, 4.69) is 69.3 Å². The zero-order valence-corrected chi connectivity index (χ0v) is 30.6. The molecule has 9 heteroatoms. The van der Waals surface area contributed by atoms with Crippen molar-refractivity contribution in [3.8, 4) is 11.5 Å². The summed E-state index contributed by atoms with van der Waals surface area (Å²) >= 11 is 0. The second kappa shape index (κ2) is 15.8. The monoisotopic (exact) mass is 676 g/mol. The molecule has 4 rings (SSSR count). The van der Waals surface area contributed by atoms with Crippen LogP contribution in [0.5, 0.6) is 11.5 Å². The summed E-state index contributed by atoms with van der Waals surface area (Å²) in [6.07, 6.45) is 4.69. The van der Waals surface area contributed by atoms with E-state index in [0.717, 1.165) is 16.8 Å². The fourth-order valence-electron chi connectivity index (χ4n) is 6.76. The fourth-order valence-corrected chi connectivity index (χ4v) is 11.5. The molecule has 1 aliphatic rings. The predicted octanol–water partition coefficient (Wildman–Crippen LogP) is 6.82. The third kappa shape index (κ3) is 8.57. The van der Waals surface area contributed by atoms with Gasteiger partial charge in [0.15, 0.2) is 5.79 Å². The van der Waals surface area contributed by atoms with E-state index in [1.807, 2.05) is 32.1 Å². The Hall–Kier alpha value is -3.47. The Kier molecular flexibility index (Phi) is 12.3. The summed E-state index contributed by atoms with van der Waals surface area (Å²) in [5.41, 5.74) is 0.511. The van der Waals surface area contributed by atoms with Crippen molar-refractivity contribution in [2.45, 2.75) is 102 Å². The highest BCUT2D eigenvalue weighted by Gasteiger charge is 2.54. The molecule has 0 bridgehead atoms. The topological polar surface area (TPSA) is 104 Å². The summed E-state index contributed by atoms with van der Waals surface area (Å²) in [6, 6.07) is 24.2. The lowest BCUT2D eigenvalue weighted by molar-refractivity contribution is -0.154. The van der Waals surface area contributed by atoms with Gasteiger partial charge in [0.1, 0.15) is 23.2 Å². The summed E-state index contributed by atoms with van der Waals surface area (Å²) < 4.78 is 31.8. The van der Waals surface area contributed by atoms with Crippen LogP contribution in [0.25, 0.3) is 6.08 Å². The van der Waals surface area contributed by atoms with Crippen LogP contribution in [0.3, 0.4) is 0 Å². The highest BCUT2D eigenvalue weighted by Crippen LogP contribution is 2.41. The van der Waals surface area contributed by atoms with E-state index in [0.29, 0.717) is 30.6 Å². The van der Waals surface area contributed by atoms with Gasteiger partial charge in [0.05, 0.1) is 32.5 Å². The van der Waals surface area contributed by atoms with Crippen molar-refractivity contribution in [2.75, 3.05) is 14.2 Å². The summed E-state index contributed by atoms with van der Waals surface area (Å²) in [5.74, 6) is -1.23. The molecule has 0 amide bonds. The molecule has 48 heavy (non-hydrogen) atoms. The minimum Gasteiger partial charge on any atom is -0.497 e. The van der Waals surface area contributed by atoms with E-state index in [1.54, 1.807) is 25.1 Å². The second-order valence-electron chi connectivity index (χ2n) is 14.0. The smallest absolute Gasteiger partial charge is 0.340 e. The molecule has 0 aromatic heterocycles. The molecular weight excluding hydrogens is 625 g/mol. The predicted molar refractivity (Wildman–Crippen MR) is 192 cm³/mol. The molecule has 0 saturated carbocycles. The lowest BCUT2D eigenvalue weighted by Crippen LogP contribution is -2.68. The Bertz CT molecular complexity index is 1470. The van der Waals surface area contributed by atoms with Crippen molar-refractivity contribution in [3.63, 3.8) is 0 Å². The number of carboxylic acid groups (broad SMARTS) is 1. The molecule has 8 nitrogen and oxygen atoms in total. The molecule has 3 aromatic rings. The van der Waals surface area contributed by atoms with Crippen molar-refractivity contribution >= 4 is 30.7 Å². The minimum absolute atomic E-state index is 0.0524. The Morgan fingerprint density at radius 3 is 2.08 bits per heavy atom. The quantitative estimate of drug-likeness (QED) is 0.169. The third-order valence-electron chi connectivity index (χ3n) is 8.88. The number of carboxylic acids is 1. The molecule has 1 fully saturated rings. The molecule has 2 N–H and O–H groups in total. The lowest BCUT2D eigenvalue weighted by atomic mass is 9.99. The third-order valence-corrected chi connectivity index (χ3v) is 13.9. The van der Waals surface area contributed by atoms with Gasteiger partial charge in [-0.15, -0.1) is 0 Å². The van der Waals surface area contributed by atoms with Crippen LogP contribution in [-0.4, -0.2) is 68.9 Å². The van der Waals surface area contributed by atoms with E-state index in [9.17, 15) is 15.0 Å². The number of aliphatic hydroxyl groups excluding tert-OH is 1. The van der Waals surface area contributed by atoms with Crippen molar-refractivity contribution < 1.29 is 38.4 Å². The Labute approximate surface area is 286 Å². The highest BCUT2D eigenvalue weighted by atomic mass is 28.4. The highest BCUT2D eigenvalue weighted by molar-refractivity contribution is 6.99. The number of aromatic carboxylic acids is 1. The zero-order valence-electron chi connectivity index (χ0n) is 29.6. The maximum Gasteiger partial charge on any atom is 0.340 e. The number of hydrogen-bond donors (Lipinski definition) is 2. The molecular formula is C39H52O8Si. The number of benzene rings is 3. The molecule has 1 heterocycles. The van der Waals surface area contributed by atoms with E-state index < -0.39 is 38.4 Å². The molecule has 1 aliphatic heterocycles. The Morgan fingerprint density at radius 2 is 1.58 bits per heavy atom. The van der Waals surface area contributed by atoms with Gasteiger partial charge in [0.2, 0.25) is 0 Å². The molecule has 0 radical (unpaired) electrons. The number of carbonyl (C=O) groups is 1. The number of ether oxygens (including phenoxy) is 4. The molecule has 3 aromatic carbocycles. The first-order valence-electron chi connectivity index (χ1n) is 16.7. The molecule has 1 saturated heterocycles. The Morgan fingerprint density at radius 1 is 0.979 bits per heavy atom. The average molecular weight is 677 g/mol. The minimum atomic E-state index is -3.04. The number of hydrogen-bond acceptors (Lipinski definition) is 7. The second-order valence-corrected chi connectivity index (χ2v) is 18.2. The maximum absolute atomic E-state index is 12.4. The standard InChI is InChI=1S/C39H52O8Si/c1-27(40)17-15-23-32-36(46-39(5,6)45-32)33(24-16-18-28-25-29(43-7)26-34(44-8)35(28)37(41)42)47-48(38(2,3)4,30-19-11-9-12-20-30)31-21-13-10-14-22-31/h9-14,16,18-22,25-27,32-33,36,40H,15,17,23-24H2,1-8H3,(H,41,42)/b18-16+/t27-,32+,33-,36+/m0/s1. The maximum atomic E-state index is 12.4. The van der Waals surface area contributed by atoms with Gasteiger partial charge in [0, 0.05) is 6.07 Å². The van der Waals surface area contributed by atoms with Crippen molar-refractivity contribution in [1.29, 1.82) is 0 Å². The van der Waals surface area contributed by atoms with Gasteiger partial charge < -0.3 is 33.6 Å². The van der Waals surface area contributed by atoms with Crippen LogP contribution < -0.4 is 19.8 Å². The number of aliphatic hydroxyl groups is 1. The lowest BCUT2D eigenvalue weighted by Gasteiger charge is -2.46. The summed E-state index contributed by atoms with van der Waals surface area (Å²) in [7, 11) is -0.0573. The van der Waals surface area contributed by atoms with Gasteiger partial charge >= 0.3 is 5.97 Å². The fraction of sp³-hybridized carbons (Fsp3) is 0.462. The Balaban J connectivity index is 1.86. The van der Waals surface area contributed by atoms with Crippen LogP contribution in [0.1, 0.15) is 83.1 Å². The van der Waals surface area contributed by atoms with Crippen LogP contribution in [0.4, 0.5) is 0 Å². The largest absolute Gasteiger partial charge is 0.497 e. The molecule has 0 aliphatic carbocycles. The summed E-state index contributed by atoms with van der Waals surface area (Å²) in [6.45, 7) is 12.4. The van der Waals surface area contributed by atoms with Crippen LogP contribution in [0, 0.1) is 0 Å². The summed E-state index contributed by atoms with van der Waals surface area (Å²) in [5, 5.41) is 22.1. The number of rotatable bonds is 15. The van der Waals surface area contributed by atoms with Gasteiger partial charge in [-0.2, -0.15) is 0 Å². The van der Waals surface area contributed by atoms with Crippen LogP contribution in [0.15, 0.2) is 78.9 Å². The normalized spacial score (nSPS) is 19.3. The van der Waals surface area contributed by atoms with Crippen molar-refractivity contribution in [1.82, 2.24) is 0 Å².